The second kappa shape index (κ2) is 8.59. The molecule has 1 fully saturated rings. The Bertz CT molecular complexity index is 980. The predicted molar refractivity (Wildman–Crippen MR) is 121 cm³/mol. The lowest BCUT2D eigenvalue weighted by atomic mass is 10.1. The van der Waals surface area contributed by atoms with E-state index in [-0.39, 0.29) is 16.5 Å². The third-order valence-corrected chi connectivity index (χ3v) is 12.3. The Hall–Kier alpha value is -1.84. The molecule has 0 saturated carbocycles. The zero-order valence-corrected chi connectivity index (χ0v) is 21.4. The monoisotopic (exact) mass is 467 g/mol. The van der Waals surface area contributed by atoms with Gasteiger partial charge in [0.15, 0.2) is 8.32 Å². The van der Waals surface area contributed by atoms with Gasteiger partial charge < -0.3 is 14.7 Å². The fourth-order valence-electron chi connectivity index (χ4n) is 3.34. The van der Waals surface area contributed by atoms with Gasteiger partial charge in [0.1, 0.15) is 5.72 Å². The summed E-state index contributed by atoms with van der Waals surface area (Å²) in [6.45, 7) is 15.9. The first-order valence-corrected chi connectivity index (χ1v) is 14.6. The SMILES string of the molecule is C[C@H]1OC(C)(C)N(C(=O)C(=[N+]=[N-])S(=O)(=O)c2ccccc2)[C@@H]1CO[Si](C)(C)C(C)(C)C. The molecular weight excluding hydrogens is 434 g/mol. The largest absolute Gasteiger partial charge is 0.473 e. The molecule has 31 heavy (non-hydrogen) atoms. The highest BCUT2D eigenvalue weighted by atomic mass is 32.2. The predicted octanol–water partition coefficient (Wildman–Crippen LogP) is 3.46. The molecule has 8 nitrogen and oxygen atoms in total. The lowest BCUT2D eigenvalue weighted by Gasteiger charge is -2.39. The van der Waals surface area contributed by atoms with Gasteiger partial charge in [-0.25, -0.2) is 8.42 Å². The quantitative estimate of drug-likeness (QED) is 0.221. The molecule has 0 aromatic heterocycles. The van der Waals surface area contributed by atoms with Gasteiger partial charge in [0.05, 0.1) is 23.6 Å². The van der Waals surface area contributed by atoms with Crippen LogP contribution in [0, 0.1) is 0 Å². The highest BCUT2D eigenvalue weighted by Gasteiger charge is 2.54. The number of sulfone groups is 1. The van der Waals surface area contributed by atoms with Crippen LogP contribution in [0.3, 0.4) is 0 Å². The Balaban J connectivity index is 2.42. The van der Waals surface area contributed by atoms with Crippen molar-refractivity contribution in [1.29, 1.82) is 0 Å². The molecule has 2 rings (SSSR count). The first kappa shape index (κ1) is 25.4. The fraction of sp³-hybridized carbons (Fsp3) is 0.619. The maximum Gasteiger partial charge on any atom is 0.473 e. The summed E-state index contributed by atoms with van der Waals surface area (Å²) in [6.07, 6.45) is -0.400. The minimum absolute atomic E-state index is 0.0333. The van der Waals surface area contributed by atoms with Gasteiger partial charge >= 0.3 is 11.0 Å². The molecule has 0 aliphatic carbocycles. The molecule has 1 saturated heterocycles. The van der Waals surface area contributed by atoms with E-state index < -0.39 is 47.0 Å². The van der Waals surface area contributed by atoms with Crippen LogP contribution in [0.15, 0.2) is 35.2 Å². The molecule has 1 aromatic rings. The average molecular weight is 468 g/mol. The lowest BCUT2D eigenvalue weighted by Crippen LogP contribution is -2.55. The zero-order valence-electron chi connectivity index (χ0n) is 19.5. The molecule has 1 heterocycles. The number of ether oxygens (including phenoxy) is 1. The smallest absolute Gasteiger partial charge is 0.415 e. The Morgan fingerprint density at radius 1 is 1.26 bits per heavy atom. The molecule has 2 atom stereocenters. The number of carbonyl (C=O) groups is 1. The van der Waals surface area contributed by atoms with E-state index in [2.05, 4.69) is 38.7 Å². The summed E-state index contributed by atoms with van der Waals surface area (Å²) >= 11 is 0. The highest BCUT2D eigenvalue weighted by molar-refractivity contribution is 8.08. The molecule has 1 aliphatic heterocycles. The summed E-state index contributed by atoms with van der Waals surface area (Å²) < 4.78 is 38.3. The Kier molecular flexibility index (Phi) is 7.05. The van der Waals surface area contributed by atoms with Gasteiger partial charge in [0.2, 0.25) is 0 Å². The van der Waals surface area contributed by atoms with Crippen LogP contribution in [-0.2, 0) is 23.8 Å². The van der Waals surface area contributed by atoms with Crippen molar-refractivity contribution in [2.24, 2.45) is 0 Å². The second-order valence-corrected chi connectivity index (χ2v) is 16.5. The van der Waals surface area contributed by atoms with Gasteiger partial charge in [-0.1, -0.05) is 39.0 Å². The van der Waals surface area contributed by atoms with Crippen molar-refractivity contribution in [2.75, 3.05) is 6.61 Å². The van der Waals surface area contributed by atoms with Gasteiger partial charge in [0.25, 0.3) is 9.84 Å². The number of hydrogen-bond donors (Lipinski definition) is 0. The zero-order chi connectivity index (χ0) is 23.8. The van der Waals surface area contributed by atoms with Crippen LogP contribution in [0.25, 0.3) is 5.53 Å². The van der Waals surface area contributed by atoms with Gasteiger partial charge in [0, 0.05) is 0 Å². The molecule has 1 amide bonds. The summed E-state index contributed by atoms with van der Waals surface area (Å²) in [5, 5.41) is -0.976. The molecule has 0 radical (unpaired) electrons. The van der Waals surface area contributed by atoms with E-state index >= 15 is 0 Å². The number of amides is 1. The summed E-state index contributed by atoms with van der Waals surface area (Å²) in [5.74, 6) is -0.926. The molecule has 1 aliphatic rings. The highest BCUT2D eigenvalue weighted by Crippen LogP contribution is 2.38. The van der Waals surface area contributed by atoms with E-state index in [0.29, 0.717) is 0 Å². The van der Waals surface area contributed by atoms with Crippen LogP contribution in [0.2, 0.25) is 18.1 Å². The maximum atomic E-state index is 13.4. The number of nitrogens with zero attached hydrogens (tertiary/aromatic N) is 3. The molecule has 10 heteroatoms. The van der Waals surface area contributed by atoms with Crippen LogP contribution in [0.4, 0.5) is 0 Å². The first-order valence-electron chi connectivity index (χ1n) is 10.2. The molecule has 0 unspecified atom stereocenters. The van der Waals surface area contributed by atoms with Crippen molar-refractivity contribution in [2.45, 2.75) is 82.4 Å². The minimum atomic E-state index is -4.32. The van der Waals surface area contributed by atoms with E-state index in [9.17, 15) is 18.7 Å². The van der Waals surface area contributed by atoms with E-state index in [1.54, 1.807) is 19.9 Å². The lowest BCUT2D eigenvalue weighted by molar-refractivity contribution is -0.143. The van der Waals surface area contributed by atoms with Gasteiger partial charge in [-0.15, -0.1) is 4.79 Å². The van der Waals surface area contributed by atoms with Crippen molar-refractivity contribution >= 4 is 29.1 Å². The van der Waals surface area contributed by atoms with Crippen molar-refractivity contribution in [1.82, 2.24) is 4.90 Å². The van der Waals surface area contributed by atoms with Crippen LogP contribution < -0.4 is 0 Å². The van der Waals surface area contributed by atoms with Crippen LogP contribution in [-0.4, -0.2) is 61.9 Å². The van der Waals surface area contributed by atoms with Crippen molar-refractivity contribution in [3.05, 3.63) is 35.9 Å². The molecule has 0 spiro atoms. The van der Waals surface area contributed by atoms with Crippen molar-refractivity contribution in [3.63, 3.8) is 0 Å². The third-order valence-electron chi connectivity index (χ3n) is 6.15. The van der Waals surface area contributed by atoms with Crippen molar-refractivity contribution < 1.29 is 27.2 Å². The Labute approximate surface area is 186 Å². The topological polar surface area (TPSA) is 109 Å². The summed E-state index contributed by atoms with van der Waals surface area (Å²) in [5.41, 5.74) is 8.43. The molecule has 0 bridgehead atoms. The third kappa shape index (κ3) is 4.99. The Morgan fingerprint density at radius 3 is 2.29 bits per heavy atom. The normalized spacial score (nSPS) is 21.6. The minimum Gasteiger partial charge on any atom is -0.415 e. The number of benzene rings is 1. The first-order chi connectivity index (χ1) is 14.1. The Morgan fingerprint density at radius 2 is 1.81 bits per heavy atom. The van der Waals surface area contributed by atoms with Crippen LogP contribution >= 0.6 is 0 Å². The molecule has 1 aromatic carbocycles. The second-order valence-electron chi connectivity index (χ2n) is 9.81. The van der Waals surface area contributed by atoms with Gasteiger partial charge in [-0.05, 0) is 51.0 Å². The number of hydrogen-bond acceptors (Lipinski definition) is 5. The fourth-order valence-corrected chi connectivity index (χ4v) is 5.54. The van der Waals surface area contributed by atoms with Gasteiger partial charge in [-0.3, -0.25) is 9.69 Å². The number of carbonyl (C=O) groups excluding carboxylic acids is 1. The van der Waals surface area contributed by atoms with Crippen molar-refractivity contribution in [3.8, 4) is 0 Å². The van der Waals surface area contributed by atoms with Crippen LogP contribution in [0.1, 0.15) is 41.5 Å². The average Bonchev–Trinajstić information content (AvgIpc) is 2.87. The van der Waals surface area contributed by atoms with E-state index in [1.165, 1.54) is 29.2 Å². The maximum absolute atomic E-state index is 13.4. The molecule has 0 N–H and O–H groups in total. The van der Waals surface area contributed by atoms with E-state index in [0.717, 1.165) is 0 Å². The van der Waals surface area contributed by atoms with E-state index in [4.69, 9.17) is 9.16 Å². The van der Waals surface area contributed by atoms with E-state index in [1.807, 2.05) is 6.92 Å². The summed E-state index contributed by atoms with van der Waals surface area (Å²) in [4.78, 5) is 17.5. The molecular formula is C21H33N3O5SSi. The standard InChI is InChI=1S/C21H33N3O5SSi/c1-15-17(14-28-31(7,8)20(2,3)4)24(21(5,6)29-15)19(25)18(23-22)30(26,27)16-12-10-9-11-13-16/h9-13,15,17H,14H2,1-8H3/t15-,17-/m1/s1. The van der Waals surface area contributed by atoms with Gasteiger partial charge in [-0.2, -0.15) is 0 Å². The summed E-state index contributed by atoms with van der Waals surface area (Å²) in [7, 11) is -6.45. The van der Waals surface area contributed by atoms with Crippen LogP contribution in [0.5, 0.6) is 0 Å². The molecule has 172 valence electrons. The number of rotatable bonds is 4. The summed E-state index contributed by atoms with van der Waals surface area (Å²) in [6, 6.07) is 6.88.